The summed E-state index contributed by atoms with van der Waals surface area (Å²) < 4.78 is 32.6. The Morgan fingerprint density at radius 3 is 1.36 bits per heavy atom. The SMILES string of the molecule is Cc1nc2ccc(-c3nc(Nc4ccc(C(=O)c5ccc(Nc6ncc(F)c(-c7ccc8nc(C)sc8c7)n6)nc5N5CCN(C(=O)C6CC6)CC5)c(N5CCN(C(=O)C6CC6)CC5)n4)ncc3F)cc2s1. The molecule has 364 valence electrons. The zero-order chi connectivity index (χ0) is 49.2. The molecule has 0 unspecified atom stereocenters. The maximum atomic E-state index is 15.4. The molecule has 4 aliphatic rings. The van der Waals surface area contributed by atoms with E-state index >= 15 is 13.6 Å². The Hall–Kier alpha value is -7.65. The van der Waals surface area contributed by atoms with E-state index in [1.165, 1.54) is 22.7 Å². The number of carbonyl (C=O) groups excluding carboxylic acids is 3. The van der Waals surface area contributed by atoms with Crippen molar-refractivity contribution in [3.63, 3.8) is 0 Å². The molecule has 17 nitrogen and oxygen atoms in total. The molecule has 8 aromatic rings. The highest BCUT2D eigenvalue weighted by Gasteiger charge is 2.37. The zero-order valence-corrected chi connectivity index (χ0v) is 40.9. The minimum atomic E-state index is -0.592. The van der Waals surface area contributed by atoms with Gasteiger partial charge in [-0.25, -0.2) is 48.7 Å². The van der Waals surface area contributed by atoms with Gasteiger partial charge < -0.3 is 30.2 Å². The summed E-state index contributed by atoms with van der Waals surface area (Å²) in [5.41, 5.74) is 3.58. The number of nitrogens with zero attached hydrogens (tertiary/aromatic N) is 12. The number of anilines is 6. The van der Waals surface area contributed by atoms with Crippen LogP contribution in [-0.4, -0.2) is 120 Å². The molecule has 2 N–H and O–H groups in total. The molecule has 2 saturated heterocycles. The van der Waals surface area contributed by atoms with Gasteiger partial charge in [0.25, 0.3) is 0 Å². The molecule has 0 bridgehead atoms. The number of carbonyl (C=O) groups is 3. The first kappa shape index (κ1) is 45.5. The molecule has 72 heavy (non-hydrogen) atoms. The maximum Gasteiger partial charge on any atom is 0.229 e. The highest BCUT2D eigenvalue weighted by Crippen LogP contribution is 2.36. The van der Waals surface area contributed by atoms with Crippen molar-refractivity contribution >= 4 is 95.9 Å². The predicted molar refractivity (Wildman–Crippen MR) is 272 cm³/mol. The van der Waals surface area contributed by atoms with Crippen LogP contribution in [-0.2, 0) is 9.59 Å². The highest BCUT2D eigenvalue weighted by atomic mass is 32.1. The minimum Gasteiger partial charge on any atom is -0.352 e. The van der Waals surface area contributed by atoms with E-state index in [0.29, 0.717) is 97.9 Å². The molecule has 12 rings (SSSR count). The van der Waals surface area contributed by atoms with Crippen molar-refractivity contribution in [3.8, 4) is 22.5 Å². The van der Waals surface area contributed by atoms with Gasteiger partial charge in [0.2, 0.25) is 23.7 Å². The molecule has 0 radical (unpaired) electrons. The van der Waals surface area contributed by atoms with Gasteiger partial charge >= 0.3 is 0 Å². The van der Waals surface area contributed by atoms with Gasteiger partial charge in [-0.3, -0.25) is 14.4 Å². The molecule has 4 fully saturated rings. The minimum absolute atomic E-state index is 0.0743. The van der Waals surface area contributed by atoms with E-state index in [9.17, 15) is 9.59 Å². The topological polar surface area (TPSA) is 191 Å². The van der Waals surface area contributed by atoms with Crippen LogP contribution in [0.2, 0.25) is 0 Å². The molecule has 2 aliphatic heterocycles. The lowest BCUT2D eigenvalue weighted by atomic mass is 10.0. The number of aromatic nitrogens is 8. The summed E-state index contributed by atoms with van der Waals surface area (Å²) in [5.74, 6) is 0.521. The smallest absolute Gasteiger partial charge is 0.229 e. The fraction of sp³-hybridized carbons (Fsp3) is 0.314. The van der Waals surface area contributed by atoms with Gasteiger partial charge in [-0.1, -0.05) is 12.1 Å². The summed E-state index contributed by atoms with van der Waals surface area (Å²) in [6.45, 7) is 7.38. The summed E-state index contributed by atoms with van der Waals surface area (Å²) in [6, 6.07) is 17.7. The van der Waals surface area contributed by atoms with E-state index in [0.717, 1.165) is 68.5 Å². The van der Waals surface area contributed by atoms with Gasteiger partial charge in [0.15, 0.2) is 17.4 Å². The Morgan fingerprint density at radius 2 is 0.958 bits per heavy atom. The lowest BCUT2D eigenvalue weighted by Crippen LogP contribution is -2.50. The van der Waals surface area contributed by atoms with Gasteiger partial charge in [-0.05, 0) is 88.1 Å². The molecule has 2 aliphatic carbocycles. The number of fused-ring (bicyclic) bond motifs is 2. The standard InChI is InChI=1S/C51H46F2N14O3S2/c1-27-56-37-11-7-31(23-39(37)71-27)43-35(52)25-54-50(62-43)60-41-13-9-33(46(58-41)64-15-19-66(20-16-64)48(69)29-3-4-29)45(68)34-10-14-42(59-47(34)65-17-21-67(22-18-65)49(70)30-5-6-30)61-51-55-26-36(53)44(63-51)32-8-12-38-40(24-32)72-28(2)57-38/h7-14,23-26,29-30H,3-6,15-22H2,1-2H3,(H,54,58,60,62)(H,55,59,61,63). The Labute approximate surface area is 419 Å². The number of aryl methyl sites for hydroxylation is 2. The molecule has 2 saturated carbocycles. The van der Waals surface area contributed by atoms with Crippen molar-refractivity contribution in [3.05, 3.63) is 106 Å². The molecule has 0 spiro atoms. The number of benzene rings is 2. The van der Waals surface area contributed by atoms with Gasteiger partial charge in [0.1, 0.15) is 34.7 Å². The number of pyridine rings is 2. The maximum absolute atomic E-state index is 15.4. The van der Waals surface area contributed by atoms with Crippen LogP contribution in [0.5, 0.6) is 0 Å². The summed E-state index contributed by atoms with van der Waals surface area (Å²) in [5, 5.41) is 8.11. The summed E-state index contributed by atoms with van der Waals surface area (Å²) in [6.07, 6.45) is 5.83. The lowest BCUT2D eigenvalue weighted by molar-refractivity contribution is -0.133. The fourth-order valence-electron chi connectivity index (χ4n) is 9.33. The number of thiazole rings is 2. The highest BCUT2D eigenvalue weighted by molar-refractivity contribution is 7.18. The monoisotopic (exact) mass is 1000 g/mol. The number of nitrogens with one attached hydrogen (secondary N) is 2. The third kappa shape index (κ3) is 9.13. The first-order valence-electron chi connectivity index (χ1n) is 24.0. The molecule has 21 heteroatoms. The molecule has 8 heterocycles. The van der Waals surface area contributed by atoms with Crippen LogP contribution in [0.15, 0.2) is 73.1 Å². The van der Waals surface area contributed by atoms with E-state index < -0.39 is 11.6 Å². The van der Waals surface area contributed by atoms with Crippen LogP contribution in [0.3, 0.4) is 0 Å². The summed E-state index contributed by atoms with van der Waals surface area (Å²) in [7, 11) is 0. The van der Waals surface area contributed by atoms with Gasteiger partial charge in [-0.15, -0.1) is 22.7 Å². The number of rotatable bonds is 12. The first-order valence-corrected chi connectivity index (χ1v) is 25.6. The van der Waals surface area contributed by atoms with Gasteiger partial charge in [0.05, 0.1) is 54.0 Å². The van der Waals surface area contributed by atoms with Crippen molar-refractivity contribution in [2.24, 2.45) is 11.8 Å². The second-order valence-corrected chi connectivity index (χ2v) is 21.0. The number of ketones is 1. The normalized spacial score (nSPS) is 16.2. The predicted octanol–water partition coefficient (Wildman–Crippen LogP) is 8.34. The van der Waals surface area contributed by atoms with E-state index in [1.54, 1.807) is 36.4 Å². The Bertz CT molecular complexity index is 3250. The van der Waals surface area contributed by atoms with Crippen molar-refractivity contribution in [1.29, 1.82) is 0 Å². The number of hydrogen-bond donors (Lipinski definition) is 2. The van der Waals surface area contributed by atoms with E-state index in [-0.39, 0.29) is 52.7 Å². The quantitative estimate of drug-likeness (QED) is 0.111. The zero-order valence-electron chi connectivity index (χ0n) is 39.2. The van der Waals surface area contributed by atoms with Crippen LogP contribution in [0, 0.1) is 37.3 Å². The number of halogens is 2. The Kier molecular flexibility index (Phi) is 11.7. The third-order valence-corrected chi connectivity index (χ3v) is 15.2. The molecular formula is C51H46F2N14O3S2. The Morgan fingerprint density at radius 1 is 0.542 bits per heavy atom. The van der Waals surface area contributed by atoms with Crippen LogP contribution >= 0.6 is 22.7 Å². The van der Waals surface area contributed by atoms with E-state index in [2.05, 4.69) is 40.5 Å². The number of piperazine rings is 2. The lowest BCUT2D eigenvalue weighted by Gasteiger charge is -2.37. The molecule has 0 atom stereocenters. The van der Waals surface area contributed by atoms with E-state index in [1.807, 2.05) is 57.7 Å². The first-order chi connectivity index (χ1) is 35.0. The van der Waals surface area contributed by atoms with Crippen molar-refractivity contribution in [2.45, 2.75) is 39.5 Å². The second-order valence-electron chi connectivity index (χ2n) is 18.5. The van der Waals surface area contributed by atoms with E-state index in [4.69, 9.17) is 9.97 Å². The van der Waals surface area contributed by atoms with Crippen molar-refractivity contribution < 1.29 is 23.2 Å². The van der Waals surface area contributed by atoms with Crippen LogP contribution in [0.4, 0.5) is 43.9 Å². The average molecular weight is 1010 g/mol. The molecule has 2 amide bonds. The third-order valence-electron chi connectivity index (χ3n) is 13.4. The number of hydrogen-bond acceptors (Lipinski definition) is 17. The Balaban J connectivity index is 0.878. The van der Waals surface area contributed by atoms with Crippen LogP contribution < -0.4 is 20.4 Å². The largest absolute Gasteiger partial charge is 0.352 e. The molecule has 6 aromatic heterocycles. The van der Waals surface area contributed by atoms with Gasteiger partial charge in [-0.2, -0.15) is 0 Å². The van der Waals surface area contributed by atoms with Crippen molar-refractivity contribution in [2.75, 3.05) is 72.8 Å². The fourth-order valence-corrected chi connectivity index (χ4v) is 11.1. The average Bonchev–Trinajstić information content (AvgIpc) is 4.34. The molecular weight excluding hydrogens is 959 g/mol. The second kappa shape index (κ2) is 18.5. The van der Waals surface area contributed by atoms with Crippen molar-refractivity contribution in [1.82, 2.24) is 49.7 Å². The summed E-state index contributed by atoms with van der Waals surface area (Å²) in [4.78, 5) is 86.0. The number of amides is 2. The van der Waals surface area contributed by atoms with Crippen LogP contribution in [0.25, 0.3) is 42.9 Å². The van der Waals surface area contributed by atoms with Gasteiger partial charge in [0, 0.05) is 75.3 Å². The van der Waals surface area contributed by atoms with Crippen LogP contribution in [0.1, 0.15) is 51.6 Å². The summed E-state index contributed by atoms with van der Waals surface area (Å²) >= 11 is 3.03. The molecule has 2 aromatic carbocycles.